The first-order valence-electron chi connectivity index (χ1n) is 7.31. The van der Waals surface area contributed by atoms with Gasteiger partial charge in [0.2, 0.25) is 0 Å². The second kappa shape index (κ2) is 8.08. The Morgan fingerprint density at radius 2 is 1.68 bits per heavy atom. The van der Waals surface area contributed by atoms with Crippen LogP contribution in [-0.2, 0) is 11.3 Å². The molecule has 0 fully saturated rings. The van der Waals surface area contributed by atoms with Crippen molar-refractivity contribution in [3.05, 3.63) is 60.2 Å². The first kappa shape index (κ1) is 15.9. The molecular weight excluding hydrogens is 278 g/mol. The number of ether oxygens (including phenoxy) is 2. The van der Waals surface area contributed by atoms with Crippen LogP contribution in [0.1, 0.15) is 12.5 Å². The van der Waals surface area contributed by atoms with Crippen LogP contribution in [0.25, 0.3) is 0 Å². The summed E-state index contributed by atoms with van der Waals surface area (Å²) in [5.74, 6) is 1.49. The topological polar surface area (TPSA) is 38.8 Å². The van der Waals surface area contributed by atoms with Crippen molar-refractivity contribution in [2.75, 3.05) is 20.3 Å². The molecule has 0 atom stereocenters. The zero-order valence-electron chi connectivity index (χ0n) is 13.0. The number of carbonyl (C=O) groups is 1. The third-order valence-corrected chi connectivity index (χ3v) is 3.37. The van der Waals surface area contributed by atoms with Gasteiger partial charge in [-0.3, -0.25) is 4.79 Å². The van der Waals surface area contributed by atoms with Gasteiger partial charge in [0, 0.05) is 13.1 Å². The van der Waals surface area contributed by atoms with E-state index in [1.165, 1.54) is 0 Å². The lowest BCUT2D eigenvalue weighted by Gasteiger charge is -2.21. The van der Waals surface area contributed by atoms with Crippen LogP contribution in [0.2, 0.25) is 0 Å². The Hall–Kier alpha value is -2.49. The van der Waals surface area contributed by atoms with Gasteiger partial charge in [-0.1, -0.05) is 30.3 Å². The fourth-order valence-corrected chi connectivity index (χ4v) is 2.08. The van der Waals surface area contributed by atoms with Crippen molar-refractivity contribution in [1.82, 2.24) is 4.90 Å². The van der Waals surface area contributed by atoms with Gasteiger partial charge in [-0.15, -0.1) is 0 Å². The first-order valence-corrected chi connectivity index (χ1v) is 7.31. The highest BCUT2D eigenvalue weighted by atomic mass is 16.5. The van der Waals surface area contributed by atoms with E-state index >= 15 is 0 Å². The molecule has 0 radical (unpaired) electrons. The normalized spacial score (nSPS) is 10.1. The van der Waals surface area contributed by atoms with Gasteiger partial charge < -0.3 is 14.4 Å². The summed E-state index contributed by atoms with van der Waals surface area (Å²) in [6.07, 6.45) is 0. The van der Waals surface area contributed by atoms with Crippen molar-refractivity contribution in [1.29, 1.82) is 0 Å². The average Bonchev–Trinajstić information content (AvgIpc) is 2.59. The number of para-hydroxylation sites is 1. The number of likely N-dealkylation sites (N-methyl/N-ethyl adjacent to an activating group) is 1. The molecule has 2 aromatic carbocycles. The molecule has 4 nitrogen and oxygen atoms in total. The molecule has 1 amide bonds. The molecule has 0 N–H and O–H groups in total. The number of carbonyl (C=O) groups excluding carboxylic acids is 1. The number of amides is 1. The van der Waals surface area contributed by atoms with E-state index in [-0.39, 0.29) is 12.5 Å². The Labute approximate surface area is 131 Å². The lowest BCUT2D eigenvalue weighted by molar-refractivity contribution is -0.133. The lowest BCUT2D eigenvalue weighted by atomic mass is 10.2. The smallest absolute Gasteiger partial charge is 0.260 e. The van der Waals surface area contributed by atoms with E-state index in [1.54, 1.807) is 12.0 Å². The number of hydrogen-bond acceptors (Lipinski definition) is 3. The molecular formula is C18H21NO3. The molecule has 0 unspecified atom stereocenters. The fourth-order valence-electron chi connectivity index (χ4n) is 2.08. The Kier molecular flexibility index (Phi) is 5.83. The standard InChI is InChI=1S/C18H21NO3/c1-3-19(13-15-9-11-16(21-2)12-10-15)18(20)14-22-17-7-5-4-6-8-17/h4-12H,3,13-14H2,1-2H3. The third-order valence-electron chi connectivity index (χ3n) is 3.37. The summed E-state index contributed by atoms with van der Waals surface area (Å²) >= 11 is 0. The summed E-state index contributed by atoms with van der Waals surface area (Å²) in [4.78, 5) is 14.0. The van der Waals surface area contributed by atoms with Crippen molar-refractivity contribution in [2.45, 2.75) is 13.5 Å². The van der Waals surface area contributed by atoms with E-state index in [4.69, 9.17) is 9.47 Å². The minimum atomic E-state index is -0.0258. The fraction of sp³-hybridized carbons (Fsp3) is 0.278. The van der Waals surface area contributed by atoms with Crippen LogP contribution >= 0.6 is 0 Å². The molecule has 2 aromatic rings. The summed E-state index contributed by atoms with van der Waals surface area (Å²) < 4.78 is 10.6. The van der Waals surface area contributed by atoms with Crippen LogP contribution in [0.3, 0.4) is 0 Å². The number of methoxy groups -OCH3 is 1. The largest absolute Gasteiger partial charge is 0.497 e. The van der Waals surface area contributed by atoms with Gasteiger partial charge in [0.15, 0.2) is 6.61 Å². The highest BCUT2D eigenvalue weighted by molar-refractivity contribution is 5.77. The van der Waals surface area contributed by atoms with Gasteiger partial charge in [-0.25, -0.2) is 0 Å². The zero-order valence-corrected chi connectivity index (χ0v) is 13.0. The third kappa shape index (κ3) is 4.52. The Balaban J connectivity index is 1.90. The summed E-state index contributed by atoms with van der Waals surface area (Å²) in [5, 5.41) is 0. The molecule has 4 heteroatoms. The maximum Gasteiger partial charge on any atom is 0.260 e. The second-order valence-electron chi connectivity index (χ2n) is 4.86. The molecule has 0 heterocycles. The van der Waals surface area contributed by atoms with Crippen molar-refractivity contribution in [3.63, 3.8) is 0 Å². The SMILES string of the molecule is CCN(Cc1ccc(OC)cc1)C(=O)COc1ccccc1. The number of nitrogens with zero attached hydrogens (tertiary/aromatic N) is 1. The second-order valence-corrected chi connectivity index (χ2v) is 4.86. The summed E-state index contributed by atoms with van der Waals surface area (Å²) in [6.45, 7) is 3.22. The Morgan fingerprint density at radius 3 is 2.27 bits per heavy atom. The maximum atomic E-state index is 12.3. The molecule has 0 bridgehead atoms. The molecule has 0 saturated heterocycles. The monoisotopic (exact) mass is 299 g/mol. The molecule has 0 aliphatic rings. The number of rotatable bonds is 7. The van der Waals surface area contributed by atoms with Crippen LogP contribution in [0, 0.1) is 0 Å². The van der Waals surface area contributed by atoms with Crippen molar-refractivity contribution < 1.29 is 14.3 Å². The van der Waals surface area contributed by atoms with Crippen LogP contribution in [0.15, 0.2) is 54.6 Å². The molecule has 0 aromatic heterocycles. The van der Waals surface area contributed by atoms with Crippen LogP contribution in [0.4, 0.5) is 0 Å². The summed E-state index contributed by atoms with van der Waals surface area (Å²) in [7, 11) is 1.64. The van der Waals surface area contributed by atoms with Crippen LogP contribution in [-0.4, -0.2) is 31.1 Å². The van der Waals surface area contributed by atoms with Crippen LogP contribution < -0.4 is 9.47 Å². The molecule has 0 aliphatic heterocycles. The molecule has 0 spiro atoms. The molecule has 2 rings (SSSR count). The lowest BCUT2D eigenvalue weighted by Crippen LogP contribution is -2.34. The molecule has 116 valence electrons. The molecule has 0 aliphatic carbocycles. The summed E-state index contributed by atoms with van der Waals surface area (Å²) in [5.41, 5.74) is 1.07. The van der Waals surface area contributed by atoms with Crippen molar-refractivity contribution >= 4 is 5.91 Å². The van der Waals surface area contributed by atoms with E-state index in [1.807, 2.05) is 61.5 Å². The van der Waals surface area contributed by atoms with Gasteiger partial charge in [0.1, 0.15) is 11.5 Å². The molecule has 0 saturated carbocycles. The van der Waals surface area contributed by atoms with Gasteiger partial charge in [-0.05, 0) is 36.8 Å². The predicted octanol–water partition coefficient (Wildman–Crippen LogP) is 3.12. The highest BCUT2D eigenvalue weighted by Gasteiger charge is 2.13. The van der Waals surface area contributed by atoms with E-state index in [0.717, 1.165) is 11.3 Å². The quantitative estimate of drug-likeness (QED) is 0.788. The van der Waals surface area contributed by atoms with Crippen molar-refractivity contribution in [3.8, 4) is 11.5 Å². The maximum absolute atomic E-state index is 12.3. The van der Waals surface area contributed by atoms with Crippen molar-refractivity contribution in [2.24, 2.45) is 0 Å². The van der Waals surface area contributed by atoms with Gasteiger partial charge >= 0.3 is 0 Å². The first-order chi connectivity index (χ1) is 10.7. The number of benzene rings is 2. The predicted molar refractivity (Wildman–Crippen MR) is 86.0 cm³/mol. The van der Waals surface area contributed by atoms with Crippen LogP contribution in [0.5, 0.6) is 11.5 Å². The highest BCUT2D eigenvalue weighted by Crippen LogP contribution is 2.13. The zero-order chi connectivity index (χ0) is 15.8. The van der Waals surface area contributed by atoms with Gasteiger partial charge in [0.25, 0.3) is 5.91 Å². The van der Waals surface area contributed by atoms with E-state index in [9.17, 15) is 4.79 Å². The number of hydrogen-bond donors (Lipinski definition) is 0. The van der Waals surface area contributed by atoms with E-state index in [2.05, 4.69) is 0 Å². The minimum Gasteiger partial charge on any atom is -0.497 e. The minimum absolute atomic E-state index is 0.0258. The average molecular weight is 299 g/mol. The van der Waals surface area contributed by atoms with Gasteiger partial charge in [0.05, 0.1) is 7.11 Å². The van der Waals surface area contributed by atoms with E-state index in [0.29, 0.717) is 18.8 Å². The Bertz CT molecular complexity index is 581. The van der Waals surface area contributed by atoms with E-state index < -0.39 is 0 Å². The summed E-state index contributed by atoms with van der Waals surface area (Å²) in [6, 6.07) is 17.1. The van der Waals surface area contributed by atoms with Gasteiger partial charge in [-0.2, -0.15) is 0 Å². The Morgan fingerprint density at radius 1 is 1.00 bits per heavy atom. The molecule has 22 heavy (non-hydrogen) atoms.